The van der Waals surface area contributed by atoms with Crippen LogP contribution in [0.15, 0.2) is 29.6 Å². The van der Waals surface area contributed by atoms with Crippen LogP contribution in [-0.2, 0) is 6.54 Å². The summed E-state index contributed by atoms with van der Waals surface area (Å²) in [5.74, 6) is 0.461. The Balaban J connectivity index is 1.54. The summed E-state index contributed by atoms with van der Waals surface area (Å²) in [5, 5.41) is 6.38. The summed E-state index contributed by atoms with van der Waals surface area (Å²) in [7, 11) is 2.02. The first-order valence-electron chi connectivity index (χ1n) is 8.87. The monoisotopic (exact) mass is 358 g/mol. The number of thiazole rings is 1. The van der Waals surface area contributed by atoms with Crippen molar-refractivity contribution < 1.29 is 4.79 Å². The highest BCUT2D eigenvalue weighted by Crippen LogP contribution is 2.26. The van der Waals surface area contributed by atoms with Crippen molar-refractivity contribution in [1.29, 1.82) is 0 Å². The lowest BCUT2D eigenvalue weighted by Crippen LogP contribution is -2.34. The highest BCUT2D eigenvalue weighted by Gasteiger charge is 2.19. The van der Waals surface area contributed by atoms with Crippen molar-refractivity contribution in [3.8, 4) is 10.6 Å². The molecule has 0 saturated carbocycles. The van der Waals surface area contributed by atoms with Gasteiger partial charge in [-0.3, -0.25) is 9.69 Å². The first kappa shape index (κ1) is 18.0. The number of carbonyl (C=O) groups is 1. The first-order valence-corrected chi connectivity index (χ1v) is 9.75. The second-order valence-corrected chi connectivity index (χ2v) is 7.56. The molecule has 2 aromatic rings. The Labute approximate surface area is 153 Å². The number of amides is 1. The van der Waals surface area contributed by atoms with Crippen LogP contribution in [0.3, 0.4) is 0 Å². The standard InChI is InChI=1S/C19H26N4OS/c1-21-9-6-14-7-10-23(11-8-14)12-17-13-25-19(22-17)16-4-2-15(3-5-16)18(20)24/h2-5,13-14,21H,6-12H2,1H3,(H2,20,24). The van der Waals surface area contributed by atoms with Crippen molar-refractivity contribution in [2.45, 2.75) is 25.8 Å². The molecule has 25 heavy (non-hydrogen) atoms. The number of hydrogen-bond acceptors (Lipinski definition) is 5. The van der Waals surface area contributed by atoms with Crippen LogP contribution < -0.4 is 11.1 Å². The van der Waals surface area contributed by atoms with E-state index in [0.717, 1.165) is 48.4 Å². The van der Waals surface area contributed by atoms with Gasteiger partial charge in [-0.25, -0.2) is 4.98 Å². The van der Waals surface area contributed by atoms with Gasteiger partial charge in [-0.05, 0) is 64.0 Å². The number of likely N-dealkylation sites (tertiary alicyclic amines) is 1. The van der Waals surface area contributed by atoms with Crippen molar-refractivity contribution >= 4 is 17.2 Å². The number of carbonyl (C=O) groups excluding carboxylic acids is 1. The number of nitrogens with zero attached hydrogens (tertiary/aromatic N) is 2. The van der Waals surface area contributed by atoms with E-state index in [9.17, 15) is 4.79 Å². The highest BCUT2D eigenvalue weighted by molar-refractivity contribution is 7.13. The number of rotatable bonds is 7. The summed E-state index contributed by atoms with van der Waals surface area (Å²) in [6.45, 7) is 4.37. The number of nitrogens with two attached hydrogens (primary N) is 1. The van der Waals surface area contributed by atoms with Gasteiger partial charge in [-0.1, -0.05) is 12.1 Å². The van der Waals surface area contributed by atoms with Crippen molar-refractivity contribution in [3.05, 3.63) is 40.9 Å². The van der Waals surface area contributed by atoms with E-state index >= 15 is 0 Å². The zero-order valence-corrected chi connectivity index (χ0v) is 15.5. The lowest BCUT2D eigenvalue weighted by Gasteiger charge is -2.31. The molecule has 134 valence electrons. The number of hydrogen-bond donors (Lipinski definition) is 2. The fourth-order valence-corrected chi connectivity index (χ4v) is 4.12. The maximum absolute atomic E-state index is 11.2. The molecule has 0 atom stereocenters. The molecule has 2 heterocycles. The van der Waals surface area contributed by atoms with E-state index in [1.54, 1.807) is 23.5 Å². The maximum Gasteiger partial charge on any atom is 0.248 e. The SMILES string of the molecule is CNCCC1CCN(Cc2csc(-c3ccc(C(N)=O)cc3)n2)CC1. The molecule has 0 unspecified atom stereocenters. The van der Waals surface area contributed by atoms with E-state index in [1.165, 1.54) is 19.3 Å². The molecule has 1 amide bonds. The topological polar surface area (TPSA) is 71.2 Å². The summed E-state index contributed by atoms with van der Waals surface area (Å²) >= 11 is 1.65. The fraction of sp³-hybridized carbons (Fsp3) is 0.474. The van der Waals surface area contributed by atoms with E-state index in [0.29, 0.717) is 5.56 Å². The molecule has 1 aromatic carbocycles. The molecule has 0 radical (unpaired) electrons. The van der Waals surface area contributed by atoms with Gasteiger partial charge in [0, 0.05) is 23.1 Å². The average molecular weight is 359 g/mol. The van der Waals surface area contributed by atoms with Gasteiger partial charge >= 0.3 is 0 Å². The quantitative estimate of drug-likeness (QED) is 0.798. The maximum atomic E-state index is 11.2. The summed E-state index contributed by atoms with van der Waals surface area (Å²) in [5.41, 5.74) is 7.98. The van der Waals surface area contributed by atoms with Gasteiger partial charge in [0.2, 0.25) is 5.91 Å². The Morgan fingerprint density at radius 2 is 2.04 bits per heavy atom. The van der Waals surface area contributed by atoms with E-state index in [1.807, 2.05) is 19.2 Å². The van der Waals surface area contributed by atoms with Gasteiger partial charge in [-0.15, -0.1) is 11.3 Å². The molecule has 3 rings (SSSR count). The van der Waals surface area contributed by atoms with Crippen LogP contribution in [0.5, 0.6) is 0 Å². The van der Waals surface area contributed by atoms with Crippen LogP contribution in [0.25, 0.3) is 10.6 Å². The zero-order chi connectivity index (χ0) is 17.6. The van der Waals surface area contributed by atoms with Gasteiger partial charge in [0.1, 0.15) is 5.01 Å². The molecule has 0 spiro atoms. The van der Waals surface area contributed by atoms with Crippen molar-refractivity contribution in [2.75, 3.05) is 26.7 Å². The molecule has 1 aliphatic rings. The van der Waals surface area contributed by atoms with Gasteiger partial charge < -0.3 is 11.1 Å². The zero-order valence-electron chi connectivity index (χ0n) is 14.7. The molecular formula is C19H26N4OS. The summed E-state index contributed by atoms with van der Waals surface area (Å²) in [6, 6.07) is 7.34. The largest absolute Gasteiger partial charge is 0.366 e. The molecule has 1 saturated heterocycles. The predicted octanol–water partition coefficient (Wildman–Crippen LogP) is 2.73. The number of primary amides is 1. The molecule has 1 aliphatic heterocycles. The van der Waals surface area contributed by atoms with E-state index < -0.39 is 5.91 Å². The number of aromatic nitrogens is 1. The molecule has 1 fully saturated rings. The number of benzene rings is 1. The first-order chi connectivity index (χ1) is 12.2. The molecule has 3 N–H and O–H groups in total. The Bertz CT molecular complexity index is 690. The van der Waals surface area contributed by atoms with Crippen molar-refractivity contribution in [3.63, 3.8) is 0 Å². The Morgan fingerprint density at radius 1 is 1.32 bits per heavy atom. The third kappa shape index (κ3) is 4.87. The van der Waals surface area contributed by atoms with E-state index in [-0.39, 0.29) is 0 Å². The molecule has 0 bridgehead atoms. The Hall–Kier alpha value is -1.76. The Kier molecular flexibility index (Phi) is 6.18. The van der Waals surface area contributed by atoms with Gasteiger partial charge in [-0.2, -0.15) is 0 Å². The van der Waals surface area contributed by atoms with Crippen LogP contribution in [0.4, 0.5) is 0 Å². The molecule has 0 aliphatic carbocycles. The molecule has 5 nitrogen and oxygen atoms in total. The lowest BCUT2D eigenvalue weighted by molar-refractivity contribution is 0.100. The summed E-state index contributed by atoms with van der Waals surface area (Å²) in [6.07, 6.45) is 3.85. The van der Waals surface area contributed by atoms with Crippen LogP contribution >= 0.6 is 11.3 Å². The van der Waals surface area contributed by atoms with Gasteiger partial charge in [0.05, 0.1) is 5.69 Å². The second kappa shape index (κ2) is 8.56. The van der Waals surface area contributed by atoms with Gasteiger partial charge in [0.25, 0.3) is 0 Å². The smallest absolute Gasteiger partial charge is 0.248 e. The minimum absolute atomic E-state index is 0.399. The van der Waals surface area contributed by atoms with Crippen LogP contribution in [-0.4, -0.2) is 42.5 Å². The normalized spacial score (nSPS) is 16.2. The molecular weight excluding hydrogens is 332 g/mol. The third-order valence-corrected chi connectivity index (χ3v) is 5.80. The number of piperidine rings is 1. The van der Waals surface area contributed by atoms with Crippen LogP contribution in [0.2, 0.25) is 0 Å². The highest BCUT2D eigenvalue weighted by atomic mass is 32.1. The van der Waals surface area contributed by atoms with E-state index in [4.69, 9.17) is 10.7 Å². The second-order valence-electron chi connectivity index (χ2n) is 6.70. The Morgan fingerprint density at radius 3 is 2.68 bits per heavy atom. The predicted molar refractivity (Wildman–Crippen MR) is 103 cm³/mol. The fourth-order valence-electron chi connectivity index (χ4n) is 3.30. The average Bonchev–Trinajstić information content (AvgIpc) is 3.10. The molecule has 1 aromatic heterocycles. The third-order valence-electron chi connectivity index (χ3n) is 4.86. The lowest BCUT2D eigenvalue weighted by atomic mass is 9.93. The minimum Gasteiger partial charge on any atom is -0.366 e. The van der Waals surface area contributed by atoms with Crippen molar-refractivity contribution in [2.24, 2.45) is 11.7 Å². The van der Waals surface area contributed by atoms with Crippen molar-refractivity contribution in [1.82, 2.24) is 15.2 Å². The molecule has 6 heteroatoms. The summed E-state index contributed by atoms with van der Waals surface area (Å²) in [4.78, 5) is 18.4. The minimum atomic E-state index is -0.399. The van der Waals surface area contributed by atoms with E-state index in [2.05, 4.69) is 15.6 Å². The van der Waals surface area contributed by atoms with Gasteiger partial charge in [0.15, 0.2) is 0 Å². The summed E-state index contributed by atoms with van der Waals surface area (Å²) < 4.78 is 0. The van der Waals surface area contributed by atoms with Crippen LogP contribution in [0, 0.1) is 5.92 Å². The number of nitrogens with one attached hydrogen (secondary N) is 1. The van der Waals surface area contributed by atoms with Crippen LogP contribution in [0.1, 0.15) is 35.3 Å².